The number of hydrogen-bond donors (Lipinski definition) is 2. The SMILES string of the molecule is C=CCO[C@@]12Oc3ccc(Oc4ccc(OC)c(C=O)c4)cc3[C@H]3[C@H](CCCCO)[C@@H](CCCCO)C=C(C(=NOCC)C[C@@H]1N(CCC)C(=O)c1ccc4ccccc4c1)[C@H]32. The molecule has 1 heterocycles. The third-order valence-corrected chi connectivity index (χ3v) is 12.6. The van der Waals surface area contributed by atoms with Gasteiger partial charge in [0.25, 0.3) is 5.91 Å². The largest absolute Gasteiger partial charge is 0.496 e. The second kappa shape index (κ2) is 20.6. The number of aldehydes is 1. The lowest BCUT2D eigenvalue weighted by Crippen LogP contribution is -2.70. The average Bonchev–Trinajstić information content (AvgIpc) is 3.30. The molecular formula is C51H60N2O9. The van der Waals surface area contributed by atoms with Crippen LogP contribution in [-0.2, 0) is 9.57 Å². The Morgan fingerprint density at radius 3 is 2.44 bits per heavy atom. The van der Waals surface area contributed by atoms with Gasteiger partial charge in [-0.05, 0) is 116 Å². The van der Waals surface area contributed by atoms with Crippen LogP contribution in [0, 0.1) is 17.8 Å². The number of carbonyl (C=O) groups excluding carboxylic acids is 2. The maximum atomic E-state index is 15.1. The van der Waals surface area contributed by atoms with Gasteiger partial charge in [0, 0.05) is 43.2 Å². The maximum Gasteiger partial charge on any atom is 0.254 e. The summed E-state index contributed by atoms with van der Waals surface area (Å²) in [6.07, 6.45) is 10.4. The maximum absolute atomic E-state index is 15.1. The fourth-order valence-electron chi connectivity index (χ4n) is 9.99. The molecule has 0 radical (unpaired) electrons. The van der Waals surface area contributed by atoms with Gasteiger partial charge in [-0.2, -0.15) is 0 Å². The summed E-state index contributed by atoms with van der Waals surface area (Å²) in [5.41, 5.74) is 3.59. The standard InChI is InChI=1S/C51H60N2O9/c1-5-24-53(50(57)37-19-18-34-14-8-9-15-35(34)28-37)47-32-44(52-60-7-3)42-30-36(16-10-12-25-54)41(17-11-13-26-55)48-43-31-40(61-39-20-22-45(58-4)38(29-39)33-56)21-23-46(43)62-51(47,49(42)48)59-27-6-2/h6,8-9,14-15,18-23,28-31,33,36,41,47-49,54-55H,2,5,7,10-13,16-17,24-27,32H2,1,3-4H3/t36-,41+,47-,48+,49+,51+/m0/s1. The molecule has 11 heteroatoms. The van der Waals surface area contributed by atoms with Gasteiger partial charge in [0.1, 0.15) is 35.6 Å². The fraction of sp³-hybridized carbons (Fsp3) is 0.431. The van der Waals surface area contributed by atoms with Gasteiger partial charge in [0.05, 0.1) is 30.9 Å². The highest BCUT2D eigenvalue weighted by Crippen LogP contribution is 2.62. The first-order valence-electron chi connectivity index (χ1n) is 22.2. The summed E-state index contributed by atoms with van der Waals surface area (Å²) in [5, 5.41) is 26.7. The molecule has 2 aliphatic carbocycles. The van der Waals surface area contributed by atoms with E-state index in [-0.39, 0.29) is 43.5 Å². The van der Waals surface area contributed by atoms with Gasteiger partial charge < -0.3 is 38.9 Å². The Balaban J connectivity index is 1.44. The predicted molar refractivity (Wildman–Crippen MR) is 240 cm³/mol. The van der Waals surface area contributed by atoms with E-state index in [0.29, 0.717) is 73.0 Å². The van der Waals surface area contributed by atoms with Crippen molar-refractivity contribution in [1.29, 1.82) is 0 Å². The van der Waals surface area contributed by atoms with E-state index < -0.39 is 17.7 Å². The van der Waals surface area contributed by atoms with Gasteiger partial charge in [0.2, 0.25) is 5.79 Å². The van der Waals surface area contributed by atoms with E-state index in [9.17, 15) is 15.0 Å². The quantitative estimate of drug-likeness (QED) is 0.0364. The monoisotopic (exact) mass is 844 g/mol. The number of unbranched alkanes of at least 4 members (excludes halogenated alkanes) is 2. The number of nitrogens with zero attached hydrogens (tertiary/aromatic N) is 2. The number of benzene rings is 4. The molecule has 1 fully saturated rings. The second-order valence-corrected chi connectivity index (χ2v) is 16.4. The van der Waals surface area contributed by atoms with Crippen LogP contribution in [0.4, 0.5) is 0 Å². The Hall–Kier alpha value is -5.49. The van der Waals surface area contributed by atoms with Crippen molar-refractivity contribution in [1.82, 2.24) is 4.90 Å². The van der Waals surface area contributed by atoms with Gasteiger partial charge in [-0.15, -0.1) is 6.58 Å². The van der Waals surface area contributed by atoms with Crippen LogP contribution in [0.2, 0.25) is 0 Å². The molecule has 0 saturated heterocycles. The van der Waals surface area contributed by atoms with E-state index in [1.165, 1.54) is 7.11 Å². The smallest absolute Gasteiger partial charge is 0.254 e. The van der Waals surface area contributed by atoms with Gasteiger partial charge >= 0.3 is 0 Å². The van der Waals surface area contributed by atoms with Gasteiger partial charge in [-0.25, -0.2) is 0 Å². The number of allylic oxidation sites excluding steroid dienone is 1. The molecular weight excluding hydrogens is 785 g/mol. The number of oxime groups is 1. The van der Waals surface area contributed by atoms with E-state index in [2.05, 4.69) is 19.6 Å². The van der Waals surface area contributed by atoms with E-state index in [1.54, 1.807) is 24.3 Å². The summed E-state index contributed by atoms with van der Waals surface area (Å²) >= 11 is 0. The molecule has 328 valence electrons. The number of fused-ring (bicyclic) bond motifs is 3. The number of rotatable bonds is 21. The van der Waals surface area contributed by atoms with Crippen molar-refractivity contribution in [2.24, 2.45) is 22.9 Å². The van der Waals surface area contributed by atoms with Crippen molar-refractivity contribution in [2.45, 2.75) is 83.0 Å². The van der Waals surface area contributed by atoms with Crippen LogP contribution in [0.25, 0.3) is 10.8 Å². The number of ether oxygens (including phenoxy) is 4. The van der Waals surface area contributed by atoms with Crippen LogP contribution in [-0.4, -0.2) is 84.9 Å². The zero-order valence-corrected chi connectivity index (χ0v) is 36.2. The second-order valence-electron chi connectivity index (χ2n) is 16.4. The van der Waals surface area contributed by atoms with Crippen molar-refractivity contribution in [3.8, 4) is 23.0 Å². The molecule has 3 aliphatic rings. The summed E-state index contributed by atoms with van der Waals surface area (Å²) in [6, 6.07) is 24.2. The minimum Gasteiger partial charge on any atom is -0.496 e. The van der Waals surface area contributed by atoms with Crippen molar-refractivity contribution >= 4 is 28.7 Å². The third-order valence-electron chi connectivity index (χ3n) is 12.6. The highest BCUT2D eigenvalue weighted by Gasteiger charge is 2.65. The molecule has 1 aliphatic heterocycles. The zero-order chi connectivity index (χ0) is 43.6. The van der Waals surface area contributed by atoms with Crippen LogP contribution in [0.1, 0.15) is 97.4 Å². The third kappa shape index (κ3) is 9.02. The summed E-state index contributed by atoms with van der Waals surface area (Å²) < 4.78 is 26.4. The molecule has 1 saturated carbocycles. The summed E-state index contributed by atoms with van der Waals surface area (Å²) in [5.74, 6) is 0.0477. The lowest BCUT2D eigenvalue weighted by atomic mass is 9.55. The Bertz CT molecular complexity index is 2270. The first kappa shape index (κ1) is 44.6. The van der Waals surface area contributed by atoms with Crippen molar-refractivity contribution in [2.75, 3.05) is 40.1 Å². The van der Waals surface area contributed by atoms with Crippen LogP contribution in [0.15, 0.2) is 108 Å². The molecule has 11 nitrogen and oxygen atoms in total. The molecule has 0 aromatic heterocycles. The summed E-state index contributed by atoms with van der Waals surface area (Å²) in [7, 11) is 1.52. The van der Waals surface area contributed by atoms with Gasteiger partial charge in [0.15, 0.2) is 6.29 Å². The number of amides is 1. The number of aliphatic hydroxyl groups is 2. The summed E-state index contributed by atoms with van der Waals surface area (Å²) in [4.78, 5) is 34.9. The fourth-order valence-corrected chi connectivity index (χ4v) is 9.99. The van der Waals surface area contributed by atoms with E-state index in [1.807, 2.05) is 72.5 Å². The number of carbonyl (C=O) groups is 2. The highest BCUT2D eigenvalue weighted by atomic mass is 16.7. The molecule has 0 unspecified atom stereocenters. The molecule has 1 amide bonds. The normalized spacial score (nSPS) is 23.1. The minimum atomic E-state index is -1.38. The minimum absolute atomic E-state index is 0.0455. The van der Waals surface area contributed by atoms with E-state index >= 15 is 4.79 Å². The summed E-state index contributed by atoms with van der Waals surface area (Å²) in [6.45, 7) is 9.18. The Labute approximate surface area is 365 Å². The Kier molecular flexibility index (Phi) is 14.8. The molecule has 0 spiro atoms. The molecule has 4 aromatic rings. The number of hydrogen-bond acceptors (Lipinski definition) is 10. The first-order valence-corrected chi connectivity index (χ1v) is 22.2. The highest BCUT2D eigenvalue weighted by molar-refractivity contribution is 6.04. The number of methoxy groups -OCH3 is 1. The molecule has 0 bridgehead atoms. The van der Waals surface area contributed by atoms with Crippen LogP contribution >= 0.6 is 0 Å². The lowest BCUT2D eigenvalue weighted by molar-refractivity contribution is -0.254. The first-order chi connectivity index (χ1) is 30.3. The van der Waals surface area contributed by atoms with Crippen molar-refractivity contribution in [3.63, 3.8) is 0 Å². The number of aliphatic hydroxyl groups excluding tert-OH is 2. The topological polar surface area (TPSA) is 136 Å². The van der Waals surface area contributed by atoms with Crippen LogP contribution in [0.3, 0.4) is 0 Å². The van der Waals surface area contributed by atoms with Crippen molar-refractivity contribution in [3.05, 3.63) is 120 Å². The predicted octanol–water partition coefficient (Wildman–Crippen LogP) is 9.66. The molecule has 7 rings (SSSR count). The zero-order valence-electron chi connectivity index (χ0n) is 36.2. The Morgan fingerprint density at radius 2 is 1.71 bits per heavy atom. The van der Waals surface area contributed by atoms with E-state index in [4.69, 9.17) is 28.9 Å². The van der Waals surface area contributed by atoms with Crippen LogP contribution in [0.5, 0.6) is 23.0 Å². The molecule has 62 heavy (non-hydrogen) atoms. The Morgan fingerprint density at radius 1 is 0.952 bits per heavy atom. The average molecular weight is 845 g/mol. The molecule has 6 atom stereocenters. The van der Waals surface area contributed by atoms with Crippen LogP contribution < -0.4 is 14.2 Å². The van der Waals surface area contributed by atoms with Gasteiger partial charge in [-0.3, -0.25) is 9.59 Å². The van der Waals surface area contributed by atoms with E-state index in [0.717, 1.165) is 59.6 Å². The molecule has 2 N–H and O–H groups in total. The molecule has 4 aromatic carbocycles. The lowest BCUT2D eigenvalue weighted by Gasteiger charge is -2.60. The van der Waals surface area contributed by atoms with Crippen molar-refractivity contribution < 1.29 is 43.6 Å². The van der Waals surface area contributed by atoms with Gasteiger partial charge in [-0.1, -0.05) is 67.4 Å².